The van der Waals surface area contributed by atoms with Crippen LogP contribution in [0.1, 0.15) is 40.2 Å². The summed E-state index contributed by atoms with van der Waals surface area (Å²) in [6, 6.07) is 10.9. The fourth-order valence-electron chi connectivity index (χ4n) is 3.92. The van der Waals surface area contributed by atoms with Crippen LogP contribution in [0, 0.1) is 17.0 Å². The number of carbonyl (C=O) groups excluding carboxylic acids is 1. The topological polar surface area (TPSA) is 124 Å². The number of ketones is 1. The van der Waals surface area contributed by atoms with E-state index in [1.54, 1.807) is 31.2 Å². The summed E-state index contributed by atoms with van der Waals surface area (Å²) < 4.78 is 10.9. The van der Waals surface area contributed by atoms with Gasteiger partial charge in [-0.1, -0.05) is 11.3 Å². The van der Waals surface area contributed by atoms with Crippen molar-refractivity contribution in [2.45, 2.75) is 26.2 Å². The van der Waals surface area contributed by atoms with E-state index < -0.39 is 4.92 Å². The number of benzene rings is 2. The molecule has 35 heavy (non-hydrogen) atoms. The molecule has 0 unspecified atom stereocenters. The van der Waals surface area contributed by atoms with Crippen molar-refractivity contribution in [2.24, 2.45) is 0 Å². The Kier molecular flexibility index (Phi) is 6.23. The van der Waals surface area contributed by atoms with Crippen LogP contribution in [0.2, 0.25) is 0 Å². The molecule has 2 aromatic carbocycles. The van der Waals surface area contributed by atoms with Crippen molar-refractivity contribution < 1.29 is 18.9 Å². The average Bonchev–Trinajstić information content (AvgIpc) is 3.55. The molecular weight excluding hydrogens is 470 g/mol. The number of anilines is 1. The molecule has 0 amide bonds. The molecule has 0 N–H and O–H groups in total. The molecule has 3 heterocycles. The summed E-state index contributed by atoms with van der Waals surface area (Å²) in [5, 5.41) is 20.1. The quantitative estimate of drug-likeness (QED) is 0.189. The zero-order valence-electron chi connectivity index (χ0n) is 18.8. The Morgan fingerprint density at radius 1 is 1.14 bits per heavy atom. The minimum absolute atomic E-state index is 0.0344. The lowest BCUT2D eigenvalue weighted by atomic mass is 10.1. The molecule has 0 aliphatic carbocycles. The molecular formula is C24H21N5O5S. The Morgan fingerprint density at radius 3 is 2.60 bits per heavy atom. The Morgan fingerprint density at radius 2 is 1.91 bits per heavy atom. The molecule has 1 aliphatic heterocycles. The second-order valence-corrected chi connectivity index (χ2v) is 9.08. The van der Waals surface area contributed by atoms with Gasteiger partial charge in [0, 0.05) is 30.3 Å². The Hall–Kier alpha value is -4.12. The summed E-state index contributed by atoms with van der Waals surface area (Å²) in [7, 11) is 0. The van der Waals surface area contributed by atoms with E-state index in [1.807, 2.05) is 0 Å². The maximum Gasteiger partial charge on any atom is 0.312 e. The van der Waals surface area contributed by atoms with Crippen molar-refractivity contribution in [2.75, 3.05) is 18.0 Å². The minimum atomic E-state index is -0.558. The third-order valence-electron chi connectivity index (χ3n) is 5.73. The highest BCUT2D eigenvalue weighted by molar-refractivity contribution is 7.17. The van der Waals surface area contributed by atoms with Crippen LogP contribution in [-0.2, 0) is 0 Å². The van der Waals surface area contributed by atoms with Crippen LogP contribution in [0.5, 0.6) is 11.5 Å². The van der Waals surface area contributed by atoms with Crippen molar-refractivity contribution in [3.8, 4) is 23.0 Å². The van der Waals surface area contributed by atoms with Gasteiger partial charge in [-0.25, -0.2) is 4.98 Å². The van der Waals surface area contributed by atoms with Crippen molar-refractivity contribution in [1.29, 1.82) is 0 Å². The van der Waals surface area contributed by atoms with Crippen LogP contribution in [-0.4, -0.2) is 39.0 Å². The first kappa shape index (κ1) is 22.7. The van der Waals surface area contributed by atoms with E-state index in [9.17, 15) is 14.9 Å². The Labute approximate surface area is 204 Å². The number of nitro benzene ring substituents is 1. The molecule has 4 aromatic rings. The lowest BCUT2D eigenvalue weighted by Gasteiger charge is -2.25. The van der Waals surface area contributed by atoms with E-state index in [0.29, 0.717) is 27.8 Å². The molecule has 0 saturated carbocycles. The SMILES string of the molecule is Cc1nc(N2CCCCC2)sc1C(=O)c1ccc(Oc2ccc(-c3nnco3)cc2)c([N+](=O)[O-])c1. The molecule has 1 saturated heterocycles. The van der Waals surface area contributed by atoms with Crippen LogP contribution >= 0.6 is 11.3 Å². The molecule has 5 rings (SSSR count). The van der Waals surface area contributed by atoms with E-state index in [0.717, 1.165) is 31.1 Å². The lowest BCUT2D eigenvalue weighted by Crippen LogP contribution is -2.29. The number of carbonyl (C=O) groups is 1. The monoisotopic (exact) mass is 491 g/mol. The van der Waals surface area contributed by atoms with Gasteiger partial charge in [0.25, 0.3) is 0 Å². The number of rotatable bonds is 7. The second-order valence-electron chi connectivity index (χ2n) is 8.10. The first-order valence-electron chi connectivity index (χ1n) is 11.1. The third kappa shape index (κ3) is 4.76. The van der Waals surface area contributed by atoms with E-state index in [4.69, 9.17) is 9.15 Å². The largest absolute Gasteiger partial charge is 0.450 e. The summed E-state index contributed by atoms with van der Waals surface area (Å²) in [5.74, 6) is 0.487. The number of hydrogen-bond donors (Lipinski definition) is 0. The molecule has 2 aromatic heterocycles. The van der Waals surface area contributed by atoms with Gasteiger partial charge >= 0.3 is 5.69 Å². The van der Waals surface area contributed by atoms with Gasteiger partial charge in [0.1, 0.15) is 5.75 Å². The van der Waals surface area contributed by atoms with Crippen LogP contribution in [0.4, 0.5) is 10.8 Å². The number of hydrogen-bond acceptors (Lipinski definition) is 10. The molecule has 0 radical (unpaired) electrons. The number of nitrogens with zero attached hydrogens (tertiary/aromatic N) is 5. The van der Waals surface area contributed by atoms with Gasteiger partial charge in [-0.2, -0.15) is 0 Å². The van der Waals surface area contributed by atoms with Crippen molar-refractivity contribution in [1.82, 2.24) is 15.2 Å². The molecule has 1 aliphatic rings. The maximum absolute atomic E-state index is 13.2. The van der Waals surface area contributed by atoms with E-state index in [2.05, 4.69) is 20.1 Å². The molecule has 11 heteroatoms. The zero-order chi connectivity index (χ0) is 24.4. The van der Waals surface area contributed by atoms with Crippen LogP contribution in [0.3, 0.4) is 0 Å². The number of aromatic nitrogens is 3. The van der Waals surface area contributed by atoms with Crippen molar-refractivity contribution in [3.63, 3.8) is 0 Å². The van der Waals surface area contributed by atoms with Crippen LogP contribution < -0.4 is 9.64 Å². The number of nitro groups is 1. The molecule has 10 nitrogen and oxygen atoms in total. The third-order valence-corrected chi connectivity index (χ3v) is 6.94. The molecule has 178 valence electrons. The number of thiazole rings is 1. The van der Waals surface area contributed by atoms with Gasteiger partial charge < -0.3 is 14.1 Å². The number of aryl methyl sites for hydroxylation is 1. The van der Waals surface area contributed by atoms with E-state index >= 15 is 0 Å². The predicted octanol–water partition coefficient (Wildman–Crippen LogP) is 5.42. The van der Waals surface area contributed by atoms with Crippen LogP contribution in [0.25, 0.3) is 11.5 Å². The highest BCUT2D eigenvalue weighted by Gasteiger charge is 2.24. The second kappa shape index (κ2) is 9.63. The highest BCUT2D eigenvalue weighted by atomic mass is 32.1. The Bertz CT molecular complexity index is 1360. The minimum Gasteiger partial charge on any atom is -0.450 e. The van der Waals surface area contributed by atoms with Gasteiger partial charge in [0.15, 0.2) is 5.13 Å². The number of ether oxygens (including phenoxy) is 1. The summed E-state index contributed by atoms with van der Waals surface area (Å²) in [6.07, 6.45) is 4.65. The normalized spacial score (nSPS) is 13.6. The zero-order valence-corrected chi connectivity index (χ0v) is 19.7. The van der Waals surface area contributed by atoms with Crippen molar-refractivity contribution >= 4 is 27.9 Å². The fourth-order valence-corrected chi connectivity index (χ4v) is 5.00. The predicted molar refractivity (Wildman–Crippen MR) is 129 cm³/mol. The fraction of sp³-hybridized carbons (Fsp3) is 0.250. The molecule has 0 bridgehead atoms. The van der Waals surface area contributed by atoms with Gasteiger partial charge in [0.2, 0.25) is 23.8 Å². The van der Waals surface area contributed by atoms with Gasteiger partial charge in [-0.3, -0.25) is 14.9 Å². The summed E-state index contributed by atoms with van der Waals surface area (Å²) in [6.45, 7) is 3.64. The first-order valence-corrected chi connectivity index (χ1v) is 11.9. The van der Waals surface area contributed by atoms with E-state index in [-0.39, 0.29) is 22.8 Å². The number of piperidine rings is 1. The molecule has 0 spiro atoms. The van der Waals surface area contributed by atoms with Gasteiger partial charge in [0.05, 0.1) is 15.5 Å². The highest BCUT2D eigenvalue weighted by Crippen LogP contribution is 2.35. The van der Waals surface area contributed by atoms with Gasteiger partial charge in [-0.15, -0.1) is 10.2 Å². The summed E-state index contributed by atoms with van der Waals surface area (Å²) in [5.41, 5.74) is 1.24. The van der Waals surface area contributed by atoms with Crippen molar-refractivity contribution in [3.05, 3.63) is 75.1 Å². The molecule has 1 fully saturated rings. The summed E-state index contributed by atoms with van der Waals surface area (Å²) >= 11 is 1.34. The van der Waals surface area contributed by atoms with E-state index in [1.165, 1.54) is 42.4 Å². The van der Waals surface area contributed by atoms with Gasteiger partial charge in [-0.05, 0) is 62.6 Å². The van der Waals surface area contributed by atoms with Crippen LogP contribution in [0.15, 0.2) is 53.3 Å². The Balaban J connectivity index is 1.38. The maximum atomic E-state index is 13.2. The smallest absolute Gasteiger partial charge is 0.312 e. The molecule has 0 atom stereocenters. The first-order chi connectivity index (χ1) is 17.0. The summed E-state index contributed by atoms with van der Waals surface area (Å²) in [4.78, 5) is 31.7. The standard InChI is InChI=1S/C24H21N5O5S/c1-15-22(35-24(26-15)28-11-3-2-4-12-28)21(30)17-7-10-20(19(13-17)29(31)32)34-18-8-5-16(6-9-18)23-27-25-14-33-23/h5-10,13-14H,2-4,11-12H2,1H3. The lowest BCUT2D eigenvalue weighted by molar-refractivity contribution is -0.385. The average molecular weight is 492 g/mol.